The van der Waals surface area contributed by atoms with Crippen molar-refractivity contribution >= 4 is 34.2 Å². The summed E-state index contributed by atoms with van der Waals surface area (Å²) in [4.78, 5) is 27.8. The number of fused-ring (bicyclic) bond motifs is 1. The highest BCUT2D eigenvalue weighted by atomic mass is 35.5. The number of benzene rings is 1. The molecule has 4 rings (SSSR count). The largest absolute Gasteiger partial charge is 0.325 e. The highest BCUT2D eigenvalue weighted by molar-refractivity contribution is 7.89. The molecule has 2 heterocycles. The summed E-state index contributed by atoms with van der Waals surface area (Å²) in [6.45, 7) is 4.79. The van der Waals surface area contributed by atoms with E-state index in [4.69, 9.17) is 0 Å². The Labute approximate surface area is 184 Å². The Bertz CT molecular complexity index is 988. The summed E-state index contributed by atoms with van der Waals surface area (Å²) >= 11 is 0. The topological polar surface area (TPSA) is 86.8 Å². The molecule has 9 heteroatoms. The summed E-state index contributed by atoms with van der Waals surface area (Å²) < 4.78 is 25.4. The second kappa shape index (κ2) is 8.32. The van der Waals surface area contributed by atoms with Crippen molar-refractivity contribution in [2.75, 3.05) is 12.8 Å². The number of nitrogens with zero attached hydrogens (tertiary/aromatic N) is 2. The second-order valence-electron chi connectivity index (χ2n) is 8.52. The van der Waals surface area contributed by atoms with Crippen molar-refractivity contribution in [2.45, 2.75) is 45.3 Å². The summed E-state index contributed by atoms with van der Waals surface area (Å²) in [5.41, 5.74) is 2.01. The van der Waals surface area contributed by atoms with Crippen LogP contribution in [-0.4, -0.2) is 54.3 Å². The number of hydrogen-bond donors (Lipinski definition) is 1. The van der Waals surface area contributed by atoms with E-state index in [9.17, 15) is 18.0 Å². The van der Waals surface area contributed by atoms with E-state index >= 15 is 0 Å². The molecule has 0 bridgehead atoms. The van der Waals surface area contributed by atoms with Gasteiger partial charge in [-0.15, -0.1) is 12.4 Å². The van der Waals surface area contributed by atoms with Gasteiger partial charge in [-0.3, -0.25) is 9.59 Å². The Morgan fingerprint density at radius 1 is 1.27 bits per heavy atom. The fraction of sp³-hybridized carbons (Fsp3) is 0.524. The van der Waals surface area contributed by atoms with Crippen molar-refractivity contribution in [3.8, 4) is 0 Å². The molecule has 0 radical (unpaired) electrons. The maximum atomic E-state index is 13.3. The van der Waals surface area contributed by atoms with Gasteiger partial charge in [0.25, 0.3) is 5.91 Å². The lowest BCUT2D eigenvalue weighted by atomic mass is 9.89. The van der Waals surface area contributed by atoms with Gasteiger partial charge in [0.1, 0.15) is 0 Å². The van der Waals surface area contributed by atoms with Crippen molar-refractivity contribution in [1.82, 2.24) is 14.5 Å². The fourth-order valence-corrected chi connectivity index (χ4v) is 5.32. The minimum atomic E-state index is -3.73. The van der Waals surface area contributed by atoms with E-state index in [0.717, 1.165) is 16.1 Å². The van der Waals surface area contributed by atoms with Crippen LogP contribution >= 0.6 is 12.4 Å². The molecule has 1 aliphatic carbocycles. The summed E-state index contributed by atoms with van der Waals surface area (Å²) in [6, 6.07) is 7.54. The molecule has 2 amide bonds. The van der Waals surface area contributed by atoms with E-state index in [1.54, 1.807) is 17.0 Å². The average molecular weight is 454 g/mol. The minimum Gasteiger partial charge on any atom is -0.325 e. The van der Waals surface area contributed by atoms with Gasteiger partial charge >= 0.3 is 0 Å². The van der Waals surface area contributed by atoms with Gasteiger partial charge in [-0.05, 0) is 42.5 Å². The van der Waals surface area contributed by atoms with Crippen LogP contribution in [0.25, 0.3) is 0 Å². The SMILES string of the molecule is CC(C)[C@H]1C(=O)N(S(C)(=O)=O)C2=CCN(C(=O)c3cccc(CNC4CC4)c3)[C@@H]21.Cl. The third-order valence-corrected chi connectivity index (χ3v) is 6.91. The number of rotatable bonds is 6. The van der Waals surface area contributed by atoms with Gasteiger partial charge < -0.3 is 10.2 Å². The zero-order valence-corrected chi connectivity index (χ0v) is 19.0. The van der Waals surface area contributed by atoms with E-state index in [2.05, 4.69) is 5.32 Å². The minimum absolute atomic E-state index is 0. The molecular weight excluding hydrogens is 426 g/mol. The van der Waals surface area contributed by atoms with Crippen LogP contribution in [0.1, 0.15) is 42.6 Å². The molecule has 0 spiro atoms. The first kappa shape index (κ1) is 22.8. The average Bonchev–Trinajstić information content (AvgIpc) is 3.31. The molecular formula is C21H28ClN3O4S. The van der Waals surface area contributed by atoms with Gasteiger partial charge in [0.2, 0.25) is 15.9 Å². The summed E-state index contributed by atoms with van der Waals surface area (Å²) in [6.07, 6.45) is 5.13. The third-order valence-electron chi connectivity index (χ3n) is 5.85. The van der Waals surface area contributed by atoms with Gasteiger partial charge in [0, 0.05) is 24.7 Å². The summed E-state index contributed by atoms with van der Waals surface area (Å²) in [5.74, 6) is -1.28. The van der Waals surface area contributed by atoms with Crippen LogP contribution in [0.2, 0.25) is 0 Å². The number of nitrogens with one attached hydrogen (secondary N) is 1. The smallest absolute Gasteiger partial charge is 0.254 e. The second-order valence-corrected chi connectivity index (χ2v) is 10.4. The molecule has 30 heavy (non-hydrogen) atoms. The predicted molar refractivity (Wildman–Crippen MR) is 116 cm³/mol. The highest BCUT2D eigenvalue weighted by Crippen LogP contribution is 2.41. The van der Waals surface area contributed by atoms with Crippen LogP contribution in [0, 0.1) is 11.8 Å². The number of sulfonamides is 1. The molecule has 1 aromatic rings. The van der Waals surface area contributed by atoms with Crippen LogP contribution in [0.3, 0.4) is 0 Å². The molecule has 0 unspecified atom stereocenters. The maximum Gasteiger partial charge on any atom is 0.254 e. The normalized spacial score (nSPS) is 23.5. The number of carbonyl (C=O) groups excluding carboxylic acids is 2. The van der Waals surface area contributed by atoms with Crippen LogP contribution in [0.15, 0.2) is 36.0 Å². The number of carbonyl (C=O) groups is 2. The Hall–Kier alpha value is -1.90. The number of hydrogen-bond acceptors (Lipinski definition) is 5. The Morgan fingerprint density at radius 2 is 1.97 bits per heavy atom. The number of amides is 2. The monoisotopic (exact) mass is 453 g/mol. The predicted octanol–water partition coefficient (Wildman–Crippen LogP) is 2.14. The zero-order chi connectivity index (χ0) is 20.9. The standard InChI is InChI=1S/C21H27N3O4S.ClH/c1-13(2)18-19-17(24(21(18)26)29(3,27)28)9-10-23(19)20(25)15-6-4-5-14(11-15)12-22-16-7-8-16;/h4-6,9,11,13,16,18-19,22H,7-8,10,12H2,1-3H3;1H/t18-,19+;/m1./s1. The first-order valence-electron chi connectivity index (χ1n) is 10.1. The van der Waals surface area contributed by atoms with Crippen LogP contribution in [0.5, 0.6) is 0 Å². The maximum absolute atomic E-state index is 13.3. The molecule has 1 saturated carbocycles. The van der Waals surface area contributed by atoms with Crippen molar-refractivity contribution in [1.29, 1.82) is 0 Å². The van der Waals surface area contributed by atoms with Crippen LogP contribution in [-0.2, 0) is 21.4 Å². The Balaban J connectivity index is 0.00000256. The van der Waals surface area contributed by atoms with Crippen molar-refractivity contribution < 1.29 is 18.0 Å². The van der Waals surface area contributed by atoms with E-state index in [0.29, 0.717) is 30.4 Å². The summed E-state index contributed by atoms with van der Waals surface area (Å²) in [7, 11) is -3.73. The molecule has 0 aromatic heterocycles. The lowest BCUT2D eigenvalue weighted by molar-refractivity contribution is -0.128. The first-order valence-corrected chi connectivity index (χ1v) is 11.9. The zero-order valence-electron chi connectivity index (χ0n) is 17.4. The quantitative estimate of drug-likeness (QED) is 0.713. The van der Waals surface area contributed by atoms with E-state index in [-0.39, 0.29) is 24.2 Å². The molecule has 164 valence electrons. The Morgan fingerprint density at radius 3 is 2.57 bits per heavy atom. The molecule has 2 aliphatic heterocycles. The van der Waals surface area contributed by atoms with Crippen LogP contribution < -0.4 is 5.32 Å². The third kappa shape index (κ3) is 4.13. The van der Waals surface area contributed by atoms with Crippen molar-refractivity contribution in [2.24, 2.45) is 11.8 Å². The van der Waals surface area contributed by atoms with E-state index in [1.165, 1.54) is 12.8 Å². The van der Waals surface area contributed by atoms with Crippen molar-refractivity contribution in [3.05, 3.63) is 47.2 Å². The van der Waals surface area contributed by atoms with Gasteiger partial charge in [-0.25, -0.2) is 12.7 Å². The van der Waals surface area contributed by atoms with Gasteiger partial charge in [0.05, 0.1) is 23.9 Å². The first-order chi connectivity index (χ1) is 13.7. The highest BCUT2D eigenvalue weighted by Gasteiger charge is 2.54. The molecule has 1 saturated heterocycles. The van der Waals surface area contributed by atoms with Crippen LogP contribution in [0.4, 0.5) is 0 Å². The lowest BCUT2D eigenvalue weighted by Crippen LogP contribution is -2.43. The molecule has 1 N–H and O–H groups in total. The molecule has 2 atom stereocenters. The molecule has 3 aliphatic rings. The van der Waals surface area contributed by atoms with Gasteiger partial charge in [-0.2, -0.15) is 0 Å². The van der Waals surface area contributed by atoms with Gasteiger partial charge in [-0.1, -0.05) is 26.0 Å². The lowest BCUT2D eigenvalue weighted by Gasteiger charge is -2.29. The van der Waals surface area contributed by atoms with Crippen molar-refractivity contribution in [3.63, 3.8) is 0 Å². The molecule has 7 nitrogen and oxygen atoms in total. The Kier molecular flexibility index (Phi) is 6.32. The number of halogens is 1. The van der Waals surface area contributed by atoms with Gasteiger partial charge in [0.15, 0.2) is 0 Å². The molecule has 1 aromatic carbocycles. The molecule has 2 fully saturated rings. The van der Waals surface area contributed by atoms with E-state index < -0.39 is 27.9 Å². The fourth-order valence-electron chi connectivity index (χ4n) is 4.31. The summed E-state index contributed by atoms with van der Waals surface area (Å²) in [5, 5.41) is 3.44. The van der Waals surface area contributed by atoms with E-state index in [1.807, 2.05) is 32.0 Å².